The van der Waals surface area contributed by atoms with Crippen LogP contribution in [0.1, 0.15) is 86.5 Å². The van der Waals surface area contributed by atoms with Crippen LogP contribution in [0.15, 0.2) is 0 Å². The minimum Gasteiger partial charge on any atom is -0.303 e. The van der Waals surface area contributed by atoms with Gasteiger partial charge in [-0.1, -0.05) is 46.5 Å². The van der Waals surface area contributed by atoms with E-state index in [0.29, 0.717) is 5.78 Å². The molecule has 0 radical (unpaired) electrons. The molecule has 3 fully saturated rings. The quantitative estimate of drug-likeness (QED) is 0.795. The first-order valence-electron chi connectivity index (χ1n) is 9.36. The summed E-state index contributed by atoms with van der Waals surface area (Å²) in [5.41, 5.74) is -0.262. The number of nitrogens with one attached hydrogen (secondary N) is 1. The van der Waals surface area contributed by atoms with Gasteiger partial charge in [0.15, 0.2) is 5.78 Å². The summed E-state index contributed by atoms with van der Waals surface area (Å²) in [6.07, 6.45) is 9.50. The molecule has 3 rings (SSSR count). The molecule has 0 aromatic carbocycles. The van der Waals surface area contributed by atoms with Crippen LogP contribution >= 0.6 is 0 Å². The molecule has 0 aromatic heterocycles. The Morgan fingerprint density at radius 2 is 1.41 bits per heavy atom. The second-order valence-electron chi connectivity index (χ2n) is 10.0. The summed E-state index contributed by atoms with van der Waals surface area (Å²) in [5.74, 6) is 3.00. The fraction of sp³-hybridized carbons (Fsp3) is 0.950. The molecule has 2 bridgehead atoms. The number of hydrogen-bond donors (Lipinski definition) is 1. The van der Waals surface area contributed by atoms with Crippen molar-refractivity contribution < 1.29 is 4.79 Å². The Labute approximate surface area is 137 Å². The molecule has 22 heavy (non-hydrogen) atoms. The van der Waals surface area contributed by atoms with Crippen molar-refractivity contribution >= 4 is 5.78 Å². The highest BCUT2D eigenvalue weighted by atomic mass is 16.1. The zero-order valence-electron chi connectivity index (χ0n) is 15.7. The lowest BCUT2D eigenvalue weighted by molar-refractivity contribution is -0.129. The van der Waals surface area contributed by atoms with E-state index in [0.717, 1.165) is 24.2 Å². The van der Waals surface area contributed by atoms with E-state index >= 15 is 0 Å². The minimum absolute atomic E-state index is 0.00467. The highest BCUT2D eigenvalue weighted by Gasteiger charge is 2.36. The number of Topliss-reactive ketones (excluding diaryl/α,β-unsaturated/α-hetero) is 1. The van der Waals surface area contributed by atoms with Gasteiger partial charge in [-0.25, -0.2) is 0 Å². The highest BCUT2D eigenvalue weighted by Crippen LogP contribution is 2.43. The number of fused-ring (bicyclic) bond motifs is 4. The smallest absolute Gasteiger partial charge is 0.155 e. The second-order valence-corrected chi connectivity index (χ2v) is 10.0. The minimum atomic E-state index is -0.257. The molecule has 1 N–H and O–H groups in total. The van der Waals surface area contributed by atoms with Gasteiger partial charge in [-0.15, -0.1) is 0 Å². The van der Waals surface area contributed by atoms with E-state index in [9.17, 15) is 4.79 Å². The average Bonchev–Trinajstić information content (AvgIpc) is 2.66. The standard InChI is InChI=1S/C20H37NO/c1-19(2,3)18(22)17(21-20(4,5)6)13-16-11-14-7-8-15(12-16)10-9-14/h14-17,21H,7-13H2,1-6H3. The topological polar surface area (TPSA) is 29.1 Å². The van der Waals surface area contributed by atoms with E-state index in [1.54, 1.807) is 0 Å². The van der Waals surface area contributed by atoms with Gasteiger partial charge in [-0.2, -0.15) is 0 Å². The van der Waals surface area contributed by atoms with Crippen LogP contribution in [-0.2, 0) is 4.79 Å². The van der Waals surface area contributed by atoms with E-state index in [1.165, 1.54) is 38.5 Å². The van der Waals surface area contributed by atoms with E-state index in [2.05, 4.69) is 46.9 Å². The fourth-order valence-corrected chi connectivity index (χ4v) is 4.54. The Morgan fingerprint density at radius 1 is 0.955 bits per heavy atom. The van der Waals surface area contributed by atoms with Crippen molar-refractivity contribution in [2.75, 3.05) is 0 Å². The Morgan fingerprint density at radius 3 is 1.77 bits per heavy atom. The Balaban J connectivity index is 2.07. The summed E-state index contributed by atoms with van der Waals surface area (Å²) in [7, 11) is 0. The molecule has 0 heterocycles. The van der Waals surface area contributed by atoms with Crippen LogP contribution in [0.25, 0.3) is 0 Å². The predicted molar refractivity (Wildman–Crippen MR) is 93.9 cm³/mol. The molecule has 2 heteroatoms. The Hall–Kier alpha value is -0.370. The van der Waals surface area contributed by atoms with E-state index in [-0.39, 0.29) is 17.0 Å². The molecule has 1 unspecified atom stereocenters. The predicted octanol–water partition coefficient (Wildman–Crippen LogP) is 4.96. The third-order valence-corrected chi connectivity index (χ3v) is 5.53. The van der Waals surface area contributed by atoms with Crippen molar-refractivity contribution in [1.29, 1.82) is 0 Å². The molecule has 0 saturated heterocycles. The molecule has 0 amide bonds. The fourth-order valence-electron chi connectivity index (χ4n) is 4.54. The van der Waals surface area contributed by atoms with Crippen molar-refractivity contribution in [3.8, 4) is 0 Å². The van der Waals surface area contributed by atoms with Gasteiger partial charge in [0, 0.05) is 11.0 Å². The monoisotopic (exact) mass is 307 g/mol. The average molecular weight is 308 g/mol. The molecule has 128 valence electrons. The molecule has 0 aromatic rings. The third kappa shape index (κ3) is 5.08. The maximum absolute atomic E-state index is 12.9. The first-order chi connectivity index (χ1) is 10.0. The molecular weight excluding hydrogens is 270 g/mol. The van der Waals surface area contributed by atoms with Gasteiger partial charge in [0.2, 0.25) is 0 Å². The molecule has 0 spiro atoms. The number of carbonyl (C=O) groups is 1. The summed E-state index contributed by atoms with van der Waals surface area (Å²) < 4.78 is 0. The van der Waals surface area contributed by atoms with Gasteiger partial charge in [0.25, 0.3) is 0 Å². The maximum atomic E-state index is 12.9. The lowest BCUT2D eigenvalue weighted by Gasteiger charge is -2.34. The van der Waals surface area contributed by atoms with Gasteiger partial charge in [-0.05, 0) is 57.8 Å². The van der Waals surface area contributed by atoms with Crippen LogP contribution in [0.2, 0.25) is 0 Å². The SMILES string of the molecule is CC(C)(C)NC(CC1CC2CCC(CC2)C1)C(=O)C(C)(C)C. The number of carbonyl (C=O) groups excluding carboxylic acids is 1. The zero-order chi connectivity index (χ0) is 16.5. The molecule has 2 nitrogen and oxygen atoms in total. The largest absolute Gasteiger partial charge is 0.303 e. The van der Waals surface area contributed by atoms with Crippen LogP contribution in [0.4, 0.5) is 0 Å². The van der Waals surface area contributed by atoms with Gasteiger partial charge in [0.05, 0.1) is 6.04 Å². The summed E-state index contributed by atoms with van der Waals surface area (Å²) in [5, 5.41) is 3.63. The van der Waals surface area contributed by atoms with Crippen molar-refractivity contribution in [3.05, 3.63) is 0 Å². The van der Waals surface area contributed by atoms with Crippen molar-refractivity contribution in [3.63, 3.8) is 0 Å². The highest BCUT2D eigenvalue weighted by molar-refractivity contribution is 5.88. The van der Waals surface area contributed by atoms with Crippen LogP contribution in [0.5, 0.6) is 0 Å². The number of hydrogen-bond acceptors (Lipinski definition) is 2. The van der Waals surface area contributed by atoms with Gasteiger partial charge in [-0.3, -0.25) is 4.79 Å². The molecule has 3 aliphatic carbocycles. The van der Waals surface area contributed by atoms with Crippen molar-refractivity contribution in [2.45, 2.75) is 98.1 Å². The Bertz CT molecular complexity index is 365. The second kappa shape index (κ2) is 6.63. The number of ketones is 1. The van der Waals surface area contributed by atoms with Crippen molar-refractivity contribution in [1.82, 2.24) is 5.32 Å². The molecule has 3 aliphatic rings. The maximum Gasteiger partial charge on any atom is 0.155 e. The summed E-state index contributed by atoms with van der Waals surface area (Å²) >= 11 is 0. The van der Waals surface area contributed by atoms with Crippen LogP contribution in [0.3, 0.4) is 0 Å². The first kappa shape index (κ1) is 18.0. The van der Waals surface area contributed by atoms with Gasteiger partial charge >= 0.3 is 0 Å². The number of rotatable bonds is 4. The van der Waals surface area contributed by atoms with E-state index in [1.807, 2.05) is 0 Å². The first-order valence-corrected chi connectivity index (χ1v) is 9.36. The lowest BCUT2D eigenvalue weighted by atomic mass is 9.80. The molecule has 3 saturated carbocycles. The van der Waals surface area contributed by atoms with Gasteiger partial charge in [0.1, 0.15) is 0 Å². The summed E-state index contributed by atoms with van der Waals surface area (Å²) in [6.45, 7) is 12.7. The third-order valence-electron chi connectivity index (χ3n) is 5.53. The van der Waals surface area contributed by atoms with Gasteiger partial charge < -0.3 is 5.32 Å². The van der Waals surface area contributed by atoms with E-state index in [4.69, 9.17) is 0 Å². The van der Waals surface area contributed by atoms with Crippen LogP contribution in [-0.4, -0.2) is 17.4 Å². The van der Waals surface area contributed by atoms with E-state index < -0.39 is 0 Å². The summed E-state index contributed by atoms with van der Waals surface area (Å²) in [6, 6.07) is 0.0162. The van der Waals surface area contributed by atoms with Crippen LogP contribution in [0, 0.1) is 23.2 Å². The molecular formula is C20H37NO. The molecule has 0 aliphatic heterocycles. The lowest BCUT2D eigenvalue weighted by Crippen LogP contribution is -2.51. The molecule has 1 atom stereocenters. The zero-order valence-corrected chi connectivity index (χ0v) is 15.7. The normalized spacial score (nSPS) is 30.9. The van der Waals surface area contributed by atoms with Crippen LogP contribution < -0.4 is 5.32 Å². The summed E-state index contributed by atoms with van der Waals surface area (Å²) in [4.78, 5) is 12.9. The van der Waals surface area contributed by atoms with Crippen molar-refractivity contribution in [2.24, 2.45) is 23.2 Å². The Kier molecular flexibility index (Phi) is 5.42.